The quantitative estimate of drug-likeness (QED) is 0.521. The molecular formula is C7H14N3O2P. The van der Waals surface area contributed by atoms with Gasteiger partial charge in [-0.05, 0) is 31.6 Å². The van der Waals surface area contributed by atoms with Crippen LogP contribution >= 0.6 is 7.67 Å². The Balaban J connectivity index is 1.99. The molecule has 74 valence electrons. The highest BCUT2D eigenvalue weighted by Crippen LogP contribution is 2.43. The van der Waals surface area contributed by atoms with Crippen molar-refractivity contribution in [2.45, 2.75) is 25.7 Å². The summed E-state index contributed by atoms with van der Waals surface area (Å²) < 4.78 is 15.4. The molecular weight excluding hydrogens is 189 g/mol. The van der Waals surface area contributed by atoms with Crippen LogP contribution in [0.15, 0.2) is 5.16 Å². The Morgan fingerprint density at radius 1 is 1.46 bits per heavy atom. The van der Waals surface area contributed by atoms with E-state index in [2.05, 4.69) is 9.78 Å². The summed E-state index contributed by atoms with van der Waals surface area (Å²) >= 11 is 0. The van der Waals surface area contributed by atoms with Gasteiger partial charge in [-0.2, -0.15) is 0 Å². The first-order chi connectivity index (χ1) is 6.04. The van der Waals surface area contributed by atoms with Crippen LogP contribution in [0.25, 0.3) is 0 Å². The van der Waals surface area contributed by atoms with Crippen LogP contribution < -0.4 is 11.0 Å². The molecule has 0 amide bonds. The molecule has 0 spiro atoms. The molecule has 2 saturated carbocycles. The molecule has 0 aromatic heterocycles. The molecule has 0 heterocycles. The van der Waals surface area contributed by atoms with Gasteiger partial charge in [-0.15, -0.1) is 0 Å². The van der Waals surface area contributed by atoms with Crippen LogP contribution in [0.2, 0.25) is 0 Å². The minimum Gasteiger partial charge on any atom is -0.312 e. The van der Waals surface area contributed by atoms with E-state index in [1.54, 1.807) is 0 Å². The van der Waals surface area contributed by atoms with Crippen LogP contribution in [0.3, 0.4) is 0 Å². The van der Waals surface area contributed by atoms with Crippen molar-refractivity contribution in [3.8, 4) is 0 Å². The second-order valence-corrected chi connectivity index (χ2v) is 5.34. The lowest BCUT2D eigenvalue weighted by molar-refractivity contribution is 0.330. The molecule has 0 aromatic carbocycles. The SMILES string of the molecule is NP(N)(=O)O/N=C1\CC2CCC1C2. The second-order valence-electron chi connectivity index (χ2n) is 3.89. The van der Waals surface area contributed by atoms with Gasteiger partial charge in [0.15, 0.2) is 0 Å². The molecule has 0 saturated heterocycles. The van der Waals surface area contributed by atoms with Crippen LogP contribution in [0.4, 0.5) is 0 Å². The smallest absolute Gasteiger partial charge is 0.312 e. The van der Waals surface area contributed by atoms with E-state index < -0.39 is 7.67 Å². The van der Waals surface area contributed by atoms with E-state index in [4.69, 9.17) is 11.0 Å². The normalized spacial score (nSPS) is 35.7. The van der Waals surface area contributed by atoms with Gasteiger partial charge in [0.1, 0.15) is 0 Å². The van der Waals surface area contributed by atoms with Crippen molar-refractivity contribution >= 4 is 13.4 Å². The van der Waals surface area contributed by atoms with E-state index >= 15 is 0 Å². The van der Waals surface area contributed by atoms with Crippen LogP contribution in [-0.2, 0) is 9.19 Å². The van der Waals surface area contributed by atoms with Crippen LogP contribution in [0.5, 0.6) is 0 Å². The van der Waals surface area contributed by atoms with E-state index in [0.29, 0.717) is 5.92 Å². The number of fused-ring (bicyclic) bond motifs is 2. The van der Waals surface area contributed by atoms with Crippen molar-refractivity contribution in [3.05, 3.63) is 0 Å². The van der Waals surface area contributed by atoms with Gasteiger partial charge < -0.3 is 4.62 Å². The zero-order valence-electron chi connectivity index (χ0n) is 7.35. The fourth-order valence-corrected chi connectivity index (χ4v) is 2.49. The van der Waals surface area contributed by atoms with Gasteiger partial charge in [0.05, 0.1) is 5.71 Å². The third-order valence-electron chi connectivity index (χ3n) is 2.80. The molecule has 2 aliphatic rings. The molecule has 2 aliphatic carbocycles. The zero-order valence-corrected chi connectivity index (χ0v) is 8.24. The van der Waals surface area contributed by atoms with Gasteiger partial charge in [-0.3, -0.25) is 0 Å². The van der Waals surface area contributed by atoms with Gasteiger partial charge >= 0.3 is 7.67 Å². The predicted octanol–water partition coefficient (Wildman–Crippen LogP) is 1.20. The summed E-state index contributed by atoms with van der Waals surface area (Å²) in [6.07, 6.45) is 4.62. The maximum Gasteiger partial charge on any atom is 0.405 e. The average Bonchev–Trinajstić information content (AvgIpc) is 2.58. The first kappa shape index (κ1) is 9.19. The van der Waals surface area contributed by atoms with Gasteiger partial charge in [0.25, 0.3) is 0 Å². The van der Waals surface area contributed by atoms with Crippen molar-refractivity contribution in [3.63, 3.8) is 0 Å². The van der Waals surface area contributed by atoms with E-state index in [9.17, 15) is 4.57 Å². The van der Waals surface area contributed by atoms with Gasteiger partial charge in [0.2, 0.25) is 0 Å². The minimum atomic E-state index is -3.43. The summed E-state index contributed by atoms with van der Waals surface area (Å²) in [5.41, 5.74) is 11.0. The Bertz CT molecular complexity index is 285. The van der Waals surface area contributed by atoms with Gasteiger partial charge in [-0.1, -0.05) is 5.16 Å². The van der Waals surface area contributed by atoms with E-state index in [1.165, 1.54) is 19.3 Å². The Hall–Kier alpha value is -0.380. The Kier molecular flexibility index (Phi) is 2.18. The summed E-state index contributed by atoms with van der Waals surface area (Å²) in [4.78, 5) is 0. The van der Waals surface area contributed by atoms with Gasteiger partial charge in [0, 0.05) is 5.92 Å². The Morgan fingerprint density at radius 2 is 2.23 bits per heavy atom. The van der Waals surface area contributed by atoms with E-state index in [1.807, 2.05) is 0 Å². The molecule has 2 fully saturated rings. The molecule has 6 heteroatoms. The summed E-state index contributed by atoms with van der Waals surface area (Å²) in [7, 11) is -3.43. The summed E-state index contributed by atoms with van der Waals surface area (Å²) in [5.74, 6) is 1.28. The van der Waals surface area contributed by atoms with Crippen molar-refractivity contribution < 1.29 is 9.19 Å². The van der Waals surface area contributed by atoms with Crippen molar-refractivity contribution in [1.29, 1.82) is 0 Å². The van der Waals surface area contributed by atoms with E-state index in [-0.39, 0.29) is 0 Å². The highest BCUT2D eigenvalue weighted by atomic mass is 31.2. The van der Waals surface area contributed by atoms with Crippen molar-refractivity contribution in [2.24, 2.45) is 28.0 Å². The highest BCUT2D eigenvalue weighted by molar-refractivity contribution is 7.53. The monoisotopic (exact) mass is 203 g/mol. The highest BCUT2D eigenvalue weighted by Gasteiger charge is 2.37. The molecule has 5 nitrogen and oxygen atoms in total. The second kappa shape index (κ2) is 3.08. The number of nitrogens with zero attached hydrogens (tertiary/aromatic N) is 1. The fraction of sp³-hybridized carbons (Fsp3) is 0.857. The van der Waals surface area contributed by atoms with Crippen molar-refractivity contribution in [2.75, 3.05) is 0 Å². The molecule has 0 aromatic rings. The number of hydrogen-bond donors (Lipinski definition) is 2. The Labute approximate surface area is 77.0 Å². The lowest BCUT2D eigenvalue weighted by Crippen LogP contribution is -2.12. The van der Waals surface area contributed by atoms with Crippen molar-refractivity contribution in [1.82, 2.24) is 0 Å². The molecule has 2 unspecified atom stereocenters. The number of hydrogen-bond acceptors (Lipinski definition) is 3. The standard InChI is InChI=1S/C7H14N3O2P/c8-13(9,11)12-10-7-4-5-1-2-6(7)3-5/h5-6H,1-4H2,(H4,8,9,11)/b10-7+. The number of rotatable bonds is 2. The molecule has 2 atom stereocenters. The van der Waals surface area contributed by atoms with Gasteiger partial charge in [-0.25, -0.2) is 15.6 Å². The predicted molar refractivity (Wildman–Crippen MR) is 49.9 cm³/mol. The first-order valence-corrected chi connectivity index (χ1v) is 6.23. The third kappa shape index (κ3) is 2.10. The molecule has 4 N–H and O–H groups in total. The van der Waals surface area contributed by atoms with E-state index in [0.717, 1.165) is 18.1 Å². The zero-order chi connectivity index (χ0) is 9.47. The topological polar surface area (TPSA) is 90.7 Å². The largest absolute Gasteiger partial charge is 0.405 e. The maximum atomic E-state index is 10.8. The lowest BCUT2D eigenvalue weighted by Gasteiger charge is -2.11. The van der Waals surface area contributed by atoms with Crippen LogP contribution in [0.1, 0.15) is 25.7 Å². The molecule has 2 bridgehead atoms. The number of oxime groups is 1. The summed E-state index contributed by atoms with van der Waals surface area (Å²) in [6, 6.07) is 0. The lowest BCUT2D eigenvalue weighted by atomic mass is 9.99. The first-order valence-electron chi connectivity index (χ1n) is 4.47. The molecule has 13 heavy (non-hydrogen) atoms. The summed E-state index contributed by atoms with van der Waals surface area (Å²) in [6.45, 7) is 0. The molecule has 2 rings (SSSR count). The minimum absolute atomic E-state index is 0.525. The Morgan fingerprint density at radius 3 is 2.69 bits per heavy atom. The summed E-state index contributed by atoms with van der Waals surface area (Å²) in [5, 5.41) is 3.78. The molecule has 0 aliphatic heterocycles. The fourth-order valence-electron chi connectivity index (χ4n) is 2.25. The van der Waals surface area contributed by atoms with Crippen LogP contribution in [0, 0.1) is 11.8 Å². The third-order valence-corrected chi connectivity index (χ3v) is 3.13. The molecule has 0 radical (unpaired) electrons. The average molecular weight is 203 g/mol. The number of nitrogens with two attached hydrogens (primary N) is 2. The van der Waals surface area contributed by atoms with Crippen LogP contribution in [-0.4, -0.2) is 5.71 Å². The maximum absolute atomic E-state index is 10.8.